The van der Waals surface area contributed by atoms with Gasteiger partial charge in [-0.15, -0.1) is 0 Å². The number of amides is 1. The summed E-state index contributed by atoms with van der Waals surface area (Å²) < 4.78 is 16.3. The van der Waals surface area contributed by atoms with E-state index in [9.17, 15) is 9.59 Å². The Morgan fingerprint density at radius 2 is 1.89 bits per heavy atom. The zero-order valence-corrected chi connectivity index (χ0v) is 15.8. The predicted octanol–water partition coefficient (Wildman–Crippen LogP) is 2.69. The van der Waals surface area contributed by atoms with E-state index in [1.165, 1.54) is 4.90 Å². The van der Waals surface area contributed by atoms with Crippen molar-refractivity contribution in [3.63, 3.8) is 0 Å². The molecule has 0 aliphatic carbocycles. The summed E-state index contributed by atoms with van der Waals surface area (Å²) in [5.74, 6) is 0.250. The molecule has 0 radical (unpaired) electrons. The molecular formula is C20H24N2O5. The molecule has 1 aromatic carbocycles. The average Bonchev–Trinajstić information content (AvgIpc) is 2.67. The lowest BCUT2D eigenvalue weighted by Gasteiger charge is -2.18. The Morgan fingerprint density at radius 1 is 1.07 bits per heavy atom. The summed E-state index contributed by atoms with van der Waals surface area (Å²) in [6.07, 6.45) is 3.42. The molecule has 1 amide bonds. The Bertz CT molecular complexity index is 764. The van der Waals surface area contributed by atoms with E-state index in [2.05, 4.69) is 4.98 Å². The summed E-state index contributed by atoms with van der Waals surface area (Å²) in [7, 11) is 1.55. The van der Waals surface area contributed by atoms with Crippen molar-refractivity contribution in [2.24, 2.45) is 0 Å². The van der Waals surface area contributed by atoms with Crippen molar-refractivity contribution in [1.82, 2.24) is 9.88 Å². The first-order chi connectivity index (χ1) is 13.0. The number of hydrogen-bond acceptors (Lipinski definition) is 6. The lowest BCUT2D eigenvalue weighted by molar-refractivity contribution is -0.143. The fourth-order valence-electron chi connectivity index (χ4n) is 2.37. The summed E-state index contributed by atoms with van der Waals surface area (Å²) in [5.41, 5.74) is 1.33. The molecule has 0 saturated heterocycles. The minimum Gasteiger partial charge on any atom is -0.490 e. The van der Waals surface area contributed by atoms with Crippen LogP contribution < -0.4 is 9.47 Å². The van der Waals surface area contributed by atoms with Gasteiger partial charge in [0.15, 0.2) is 11.5 Å². The topological polar surface area (TPSA) is 78.0 Å². The van der Waals surface area contributed by atoms with Crippen LogP contribution in [0.15, 0.2) is 42.7 Å². The molecule has 0 aliphatic heterocycles. The Morgan fingerprint density at radius 3 is 2.56 bits per heavy atom. The molecular weight excluding hydrogens is 348 g/mol. The van der Waals surface area contributed by atoms with Crippen LogP contribution in [0.5, 0.6) is 11.5 Å². The SMILES string of the molecule is CCOC(=O)CN(C)C(=O)c1ccc(OCc2cccnc2)c(OCC)c1. The van der Waals surface area contributed by atoms with Gasteiger partial charge in [0, 0.05) is 30.6 Å². The maximum Gasteiger partial charge on any atom is 0.325 e. The van der Waals surface area contributed by atoms with Gasteiger partial charge in [0.2, 0.25) is 0 Å². The minimum absolute atomic E-state index is 0.115. The first-order valence-electron chi connectivity index (χ1n) is 8.74. The van der Waals surface area contributed by atoms with E-state index in [-0.39, 0.29) is 19.1 Å². The molecule has 2 rings (SSSR count). The number of rotatable bonds is 9. The van der Waals surface area contributed by atoms with E-state index < -0.39 is 5.97 Å². The lowest BCUT2D eigenvalue weighted by atomic mass is 10.1. The molecule has 7 heteroatoms. The number of nitrogens with zero attached hydrogens (tertiary/aromatic N) is 2. The Labute approximate surface area is 158 Å². The van der Waals surface area contributed by atoms with Crippen LogP contribution in [-0.2, 0) is 16.1 Å². The minimum atomic E-state index is -0.449. The number of esters is 1. The Hall–Kier alpha value is -3.09. The second kappa shape index (κ2) is 10.2. The molecule has 7 nitrogen and oxygen atoms in total. The first kappa shape index (κ1) is 20.2. The normalized spacial score (nSPS) is 10.2. The summed E-state index contributed by atoms with van der Waals surface area (Å²) in [6, 6.07) is 8.70. The van der Waals surface area contributed by atoms with Gasteiger partial charge in [-0.25, -0.2) is 0 Å². The molecule has 0 bridgehead atoms. The van der Waals surface area contributed by atoms with Crippen molar-refractivity contribution < 1.29 is 23.8 Å². The zero-order valence-electron chi connectivity index (χ0n) is 15.8. The van der Waals surface area contributed by atoms with Crippen LogP contribution in [-0.4, -0.2) is 48.6 Å². The standard InChI is InChI=1S/C20H24N2O5/c1-4-25-18-11-16(20(24)22(3)13-19(23)26-5-2)8-9-17(18)27-14-15-7-6-10-21-12-15/h6-12H,4-5,13-14H2,1-3H3. The lowest BCUT2D eigenvalue weighted by Crippen LogP contribution is -2.33. The average molecular weight is 372 g/mol. The summed E-state index contributed by atoms with van der Waals surface area (Å²) in [6.45, 7) is 4.50. The van der Waals surface area contributed by atoms with Gasteiger partial charge in [0.25, 0.3) is 5.91 Å². The molecule has 0 fully saturated rings. The number of carbonyl (C=O) groups is 2. The molecule has 0 N–H and O–H groups in total. The molecule has 1 aromatic heterocycles. The molecule has 0 unspecified atom stereocenters. The van der Waals surface area contributed by atoms with E-state index in [0.29, 0.717) is 30.3 Å². The van der Waals surface area contributed by atoms with E-state index >= 15 is 0 Å². The molecule has 0 atom stereocenters. The molecule has 27 heavy (non-hydrogen) atoms. The number of aromatic nitrogens is 1. The van der Waals surface area contributed by atoms with E-state index in [4.69, 9.17) is 14.2 Å². The summed E-state index contributed by atoms with van der Waals surface area (Å²) >= 11 is 0. The van der Waals surface area contributed by atoms with Crippen molar-refractivity contribution in [1.29, 1.82) is 0 Å². The van der Waals surface area contributed by atoms with Crippen LogP contribution in [0.25, 0.3) is 0 Å². The maximum atomic E-state index is 12.5. The first-order valence-corrected chi connectivity index (χ1v) is 8.74. The van der Waals surface area contributed by atoms with Crippen molar-refractivity contribution in [3.8, 4) is 11.5 Å². The molecule has 0 spiro atoms. The number of benzene rings is 1. The number of likely N-dealkylation sites (N-methyl/N-ethyl adjacent to an activating group) is 1. The van der Waals surface area contributed by atoms with Crippen molar-refractivity contribution in [2.75, 3.05) is 26.8 Å². The van der Waals surface area contributed by atoms with Crippen molar-refractivity contribution in [3.05, 3.63) is 53.9 Å². The second-order valence-electron chi connectivity index (χ2n) is 5.71. The van der Waals surface area contributed by atoms with Crippen LogP contribution in [0.2, 0.25) is 0 Å². The van der Waals surface area contributed by atoms with Crippen LogP contribution in [0.1, 0.15) is 29.8 Å². The van der Waals surface area contributed by atoms with Crippen LogP contribution in [0.4, 0.5) is 0 Å². The number of pyridine rings is 1. The Kier molecular flexibility index (Phi) is 7.61. The van der Waals surface area contributed by atoms with Gasteiger partial charge in [-0.2, -0.15) is 0 Å². The summed E-state index contributed by atoms with van der Waals surface area (Å²) in [5, 5.41) is 0. The third-order valence-electron chi connectivity index (χ3n) is 3.63. The van der Waals surface area contributed by atoms with Gasteiger partial charge in [-0.1, -0.05) is 6.07 Å². The zero-order chi connectivity index (χ0) is 19.6. The van der Waals surface area contributed by atoms with Crippen LogP contribution in [0.3, 0.4) is 0 Å². The molecule has 144 valence electrons. The largest absolute Gasteiger partial charge is 0.490 e. The number of carbonyl (C=O) groups excluding carboxylic acids is 2. The second-order valence-corrected chi connectivity index (χ2v) is 5.71. The number of hydrogen-bond donors (Lipinski definition) is 0. The van der Waals surface area contributed by atoms with E-state index in [0.717, 1.165) is 5.56 Å². The fraction of sp³-hybridized carbons (Fsp3) is 0.350. The third-order valence-corrected chi connectivity index (χ3v) is 3.63. The summed E-state index contributed by atoms with van der Waals surface area (Å²) in [4.78, 5) is 29.5. The van der Waals surface area contributed by atoms with Crippen LogP contribution in [0, 0.1) is 0 Å². The Balaban J connectivity index is 2.11. The van der Waals surface area contributed by atoms with Crippen molar-refractivity contribution >= 4 is 11.9 Å². The smallest absolute Gasteiger partial charge is 0.325 e. The maximum absolute atomic E-state index is 12.5. The highest BCUT2D eigenvalue weighted by molar-refractivity contribution is 5.96. The highest BCUT2D eigenvalue weighted by Crippen LogP contribution is 2.29. The van der Waals surface area contributed by atoms with Gasteiger partial charge >= 0.3 is 5.97 Å². The van der Waals surface area contributed by atoms with Gasteiger partial charge in [0.05, 0.1) is 13.2 Å². The van der Waals surface area contributed by atoms with Crippen molar-refractivity contribution in [2.45, 2.75) is 20.5 Å². The van der Waals surface area contributed by atoms with Gasteiger partial charge in [-0.3, -0.25) is 14.6 Å². The van der Waals surface area contributed by atoms with Gasteiger partial charge in [0.1, 0.15) is 13.2 Å². The van der Waals surface area contributed by atoms with Gasteiger partial charge < -0.3 is 19.1 Å². The fourth-order valence-corrected chi connectivity index (χ4v) is 2.37. The monoisotopic (exact) mass is 372 g/mol. The van der Waals surface area contributed by atoms with E-state index in [1.54, 1.807) is 44.6 Å². The van der Waals surface area contributed by atoms with E-state index in [1.807, 2.05) is 19.1 Å². The predicted molar refractivity (Wildman–Crippen MR) is 99.8 cm³/mol. The molecule has 0 aliphatic rings. The molecule has 1 heterocycles. The quantitative estimate of drug-likeness (QED) is 0.630. The highest BCUT2D eigenvalue weighted by Gasteiger charge is 2.18. The molecule has 2 aromatic rings. The highest BCUT2D eigenvalue weighted by atomic mass is 16.5. The third kappa shape index (κ3) is 5.99. The molecule has 0 saturated carbocycles. The van der Waals surface area contributed by atoms with Crippen LogP contribution >= 0.6 is 0 Å². The number of ether oxygens (including phenoxy) is 3. The van der Waals surface area contributed by atoms with Gasteiger partial charge in [-0.05, 0) is 38.1 Å².